The van der Waals surface area contributed by atoms with E-state index in [1.165, 1.54) is 32.1 Å². The largest absolute Gasteiger partial charge is 0.110 e. The lowest BCUT2D eigenvalue weighted by molar-refractivity contribution is 0.512. The van der Waals surface area contributed by atoms with Crippen molar-refractivity contribution in [3.63, 3.8) is 0 Å². The highest BCUT2D eigenvalue weighted by atomic mass is 31.1. The molecule has 1 saturated carbocycles. The van der Waals surface area contributed by atoms with E-state index in [1.54, 1.807) is 0 Å². The van der Waals surface area contributed by atoms with Crippen LogP contribution in [0, 0.1) is 0 Å². The molecule has 0 N–H and O–H groups in total. The van der Waals surface area contributed by atoms with Gasteiger partial charge in [0.1, 0.15) is 0 Å². The summed E-state index contributed by atoms with van der Waals surface area (Å²) in [6, 6.07) is 0. The van der Waals surface area contributed by atoms with Gasteiger partial charge in [-0.05, 0) is 31.8 Å². The Hall–Kier alpha value is 0.430. The Balaban J connectivity index is 2.23. The first-order valence-corrected chi connectivity index (χ1v) is 6.27. The molecule has 1 rings (SSSR count). The summed E-state index contributed by atoms with van der Waals surface area (Å²) in [5.74, 6) is 0. The van der Waals surface area contributed by atoms with Gasteiger partial charge in [-0.15, -0.1) is 7.92 Å². The minimum Gasteiger partial charge on any atom is -0.110 e. The van der Waals surface area contributed by atoms with Gasteiger partial charge >= 0.3 is 0 Å². The fourth-order valence-corrected chi connectivity index (χ4v) is 3.00. The molecule has 1 aliphatic rings. The molecule has 0 aromatic carbocycles. The Morgan fingerprint density at radius 2 is 1.56 bits per heavy atom. The molecule has 0 amide bonds. The fraction of sp³-hybridized carbons (Fsp3) is 1.00. The maximum atomic E-state index is 2.42. The lowest BCUT2D eigenvalue weighted by Crippen LogP contribution is -2.09. The van der Waals surface area contributed by atoms with Crippen molar-refractivity contribution in [2.45, 2.75) is 37.8 Å². The van der Waals surface area contributed by atoms with E-state index in [9.17, 15) is 0 Å². The van der Waals surface area contributed by atoms with Crippen molar-refractivity contribution in [1.29, 1.82) is 0 Å². The molecule has 0 heterocycles. The van der Waals surface area contributed by atoms with Crippen LogP contribution in [0.4, 0.5) is 0 Å². The van der Waals surface area contributed by atoms with Crippen LogP contribution in [0.3, 0.4) is 0 Å². The van der Waals surface area contributed by atoms with Crippen LogP contribution in [-0.4, -0.2) is 19.0 Å². The Kier molecular flexibility index (Phi) is 2.98. The van der Waals surface area contributed by atoms with Crippen LogP contribution in [-0.2, 0) is 0 Å². The first-order valence-electron chi connectivity index (χ1n) is 3.97. The smallest absolute Gasteiger partial charge is 0.0214 e. The molecule has 0 unspecified atom stereocenters. The third-order valence-corrected chi connectivity index (χ3v) is 4.28. The van der Waals surface area contributed by atoms with Crippen molar-refractivity contribution in [1.82, 2.24) is 0 Å². The van der Waals surface area contributed by atoms with Gasteiger partial charge in [0.15, 0.2) is 0 Å². The predicted octanol–water partition coefficient (Wildman–Crippen LogP) is 3.06. The lowest BCUT2D eigenvalue weighted by Gasteiger charge is -2.24. The highest BCUT2D eigenvalue weighted by molar-refractivity contribution is 7.56. The zero-order chi connectivity index (χ0) is 6.69. The summed E-state index contributed by atoms with van der Waals surface area (Å²) in [5.41, 5.74) is 1.12. The summed E-state index contributed by atoms with van der Waals surface area (Å²) in [4.78, 5) is 0. The van der Waals surface area contributed by atoms with Crippen LogP contribution in [0.25, 0.3) is 0 Å². The molecule has 9 heavy (non-hydrogen) atoms. The number of rotatable bonds is 1. The third kappa shape index (κ3) is 2.26. The standard InChI is InChI=1S/C8H17P/c1-9(2)8-6-4-3-5-7-8/h8H,3-7H2,1-2H3. The summed E-state index contributed by atoms with van der Waals surface area (Å²) in [5, 5.41) is 0. The van der Waals surface area contributed by atoms with E-state index < -0.39 is 0 Å². The van der Waals surface area contributed by atoms with Gasteiger partial charge in [-0.2, -0.15) is 0 Å². The molecule has 0 atom stereocenters. The average molecular weight is 144 g/mol. The van der Waals surface area contributed by atoms with Crippen LogP contribution in [0.1, 0.15) is 32.1 Å². The number of hydrogen-bond donors (Lipinski definition) is 0. The van der Waals surface area contributed by atoms with Crippen molar-refractivity contribution >= 4 is 7.92 Å². The minimum absolute atomic E-state index is 0.381. The first-order chi connectivity index (χ1) is 4.30. The van der Waals surface area contributed by atoms with Crippen molar-refractivity contribution in [2.24, 2.45) is 0 Å². The van der Waals surface area contributed by atoms with Gasteiger partial charge in [-0.1, -0.05) is 19.3 Å². The van der Waals surface area contributed by atoms with Gasteiger partial charge in [0, 0.05) is 0 Å². The molecule has 0 aromatic heterocycles. The van der Waals surface area contributed by atoms with Gasteiger partial charge in [0.2, 0.25) is 0 Å². The molecular formula is C8H17P. The van der Waals surface area contributed by atoms with E-state index in [-0.39, 0.29) is 0 Å². The Bertz CT molecular complexity index is 72.6. The normalized spacial score (nSPS) is 23.0. The Morgan fingerprint density at radius 1 is 1.00 bits per heavy atom. The summed E-state index contributed by atoms with van der Waals surface area (Å²) in [7, 11) is 0.381. The van der Waals surface area contributed by atoms with Crippen LogP contribution in [0.5, 0.6) is 0 Å². The van der Waals surface area contributed by atoms with Crippen molar-refractivity contribution in [2.75, 3.05) is 13.3 Å². The van der Waals surface area contributed by atoms with Gasteiger partial charge in [0.25, 0.3) is 0 Å². The molecule has 0 aliphatic heterocycles. The lowest BCUT2D eigenvalue weighted by atomic mass is 10.0. The summed E-state index contributed by atoms with van der Waals surface area (Å²) < 4.78 is 0. The van der Waals surface area contributed by atoms with E-state index in [2.05, 4.69) is 13.3 Å². The van der Waals surface area contributed by atoms with E-state index >= 15 is 0 Å². The van der Waals surface area contributed by atoms with Gasteiger partial charge in [-0.3, -0.25) is 0 Å². The van der Waals surface area contributed by atoms with Gasteiger partial charge < -0.3 is 0 Å². The molecule has 0 nitrogen and oxygen atoms in total. The molecule has 0 radical (unpaired) electrons. The molecule has 54 valence electrons. The molecule has 0 saturated heterocycles. The summed E-state index contributed by atoms with van der Waals surface area (Å²) >= 11 is 0. The topological polar surface area (TPSA) is 0 Å². The highest BCUT2D eigenvalue weighted by Gasteiger charge is 2.15. The minimum atomic E-state index is 0.381. The van der Waals surface area contributed by atoms with E-state index in [4.69, 9.17) is 0 Å². The molecule has 1 heteroatoms. The maximum absolute atomic E-state index is 2.42. The molecule has 0 bridgehead atoms. The maximum Gasteiger partial charge on any atom is -0.0214 e. The van der Waals surface area contributed by atoms with E-state index in [1.807, 2.05) is 0 Å². The predicted molar refractivity (Wildman–Crippen MR) is 45.6 cm³/mol. The highest BCUT2D eigenvalue weighted by Crippen LogP contribution is 2.41. The van der Waals surface area contributed by atoms with Crippen molar-refractivity contribution < 1.29 is 0 Å². The second-order valence-electron chi connectivity index (χ2n) is 3.26. The van der Waals surface area contributed by atoms with E-state index in [0.29, 0.717) is 7.92 Å². The fourth-order valence-electron chi connectivity index (χ4n) is 1.60. The quantitative estimate of drug-likeness (QED) is 0.496. The van der Waals surface area contributed by atoms with Crippen LogP contribution in [0.15, 0.2) is 0 Å². The van der Waals surface area contributed by atoms with Crippen molar-refractivity contribution in [3.8, 4) is 0 Å². The second-order valence-corrected chi connectivity index (χ2v) is 5.91. The molecule has 1 aliphatic carbocycles. The Morgan fingerprint density at radius 3 is 1.89 bits per heavy atom. The monoisotopic (exact) mass is 144 g/mol. The average Bonchev–Trinajstić information content (AvgIpc) is 1.90. The van der Waals surface area contributed by atoms with Gasteiger partial charge in [0.05, 0.1) is 0 Å². The van der Waals surface area contributed by atoms with Crippen LogP contribution >= 0.6 is 7.92 Å². The molecular weight excluding hydrogens is 127 g/mol. The van der Waals surface area contributed by atoms with Crippen LogP contribution in [0.2, 0.25) is 0 Å². The Labute approximate surface area is 59.8 Å². The zero-order valence-corrected chi connectivity index (χ0v) is 7.45. The first kappa shape index (κ1) is 7.54. The molecule has 0 spiro atoms. The summed E-state index contributed by atoms with van der Waals surface area (Å²) in [6.07, 6.45) is 7.56. The molecule has 1 fully saturated rings. The second kappa shape index (κ2) is 3.56. The molecule has 0 aromatic rings. The zero-order valence-electron chi connectivity index (χ0n) is 6.56. The van der Waals surface area contributed by atoms with Crippen LogP contribution < -0.4 is 0 Å². The van der Waals surface area contributed by atoms with E-state index in [0.717, 1.165) is 5.66 Å². The summed E-state index contributed by atoms with van der Waals surface area (Å²) in [6.45, 7) is 4.84. The third-order valence-electron chi connectivity index (χ3n) is 2.30. The van der Waals surface area contributed by atoms with Crippen molar-refractivity contribution in [3.05, 3.63) is 0 Å². The van der Waals surface area contributed by atoms with Gasteiger partial charge in [-0.25, -0.2) is 0 Å². The SMILES string of the molecule is CP(C)C1CCCCC1. The number of hydrogen-bond acceptors (Lipinski definition) is 0.